The summed E-state index contributed by atoms with van der Waals surface area (Å²) in [6.07, 6.45) is 0.832. The van der Waals surface area contributed by atoms with Crippen molar-refractivity contribution in [2.45, 2.75) is 20.0 Å². The minimum atomic E-state index is -0.188. The molecule has 1 unspecified atom stereocenters. The molecule has 0 aliphatic rings. The molecule has 1 heterocycles. The first-order valence-electron chi connectivity index (χ1n) is 8.23. The van der Waals surface area contributed by atoms with Crippen LogP contribution in [0, 0.1) is 13.8 Å². The lowest BCUT2D eigenvalue weighted by Gasteiger charge is -2.13. The highest BCUT2D eigenvalue weighted by atomic mass is 31.0. The van der Waals surface area contributed by atoms with Crippen LogP contribution in [-0.4, -0.2) is 10.9 Å². The Hall–Kier alpha value is -2.51. The molecular weight excluding hydrogens is 327 g/mol. The van der Waals surface area contributed by atoms with E-state index in [0.717, 1.165) is 39.8 Å². The molecule has 1 amide bonds. The number of aryl methyl sites for hydroxylation is 1. The third-order valence-corrected chi connectivity index (χ3v) is 4.75. The average molecular weight is 348 g/mol. The summed E-state index contributed by atoms with van der Waals surface area (Å²) in [5.41, 5.74) is 6.54. The second kappa shape index (κ2) is 7.58. The first kappa shape index (κ1) is 17.3. The van der Waals surface area contributed by atoms with Crippen molar-refractivity contribution in [3.05, 3.63) is 83.2 Å². The summed E-state index contributed by atoms with van der Waals surface area (Å²) in [6, 6.07) is 19.8. The van der Waals surface area contributed by atoms with Gasteiger partial charge in [0.2, 0.25) is 0 Å². The van der Waals surface area contributed by atoms with Crippen LogP contribution < -0.4 is 5.32 Å². The largest absolute Gasteiger partial charge is 0.320 e. The predicted octanol–water partition coefficient (Wildman–Crippen LogP) is 4.99. The van der Waals surface area contributed by atoms with E-state index in [-0.39, 0.29) is 5.91 Å². The van der Waals surface area contributed by atoms with Crippen LogP contribution >= 0.6 is 9.24 Å². The van der Waals surface area contributed by atoms with E-state index < -0.39 is 0 Å². The van der Waals surface area contributed by atoms with Gasteiger partial charge < -0.3 is 5.32 Å². The minimum absolute atomic E-state index is 0.188. The number of nitrogens with zero attached hydrogens (tertiary/aromatic N) is 1. The number of carbonyl (C=O) groups excluding carboxylic acids is 1. The van der Waals surface area contributed by atoms with Gasteiger partial charge in [0.05, 0.1) is 0 Å². The molecule has 1 aromatic heterocycles. The predicted molar refractivity (Wildman–Crippen MR) is 107 cm³/mol. The average Bonchev–Trinajstić information content (AvgIpc) is 2.64. The van der Waals surface area contributed by atoms with Gasteiger partial charge in [-0.15, -0.1) is 9.24 Å². The summed E-state index contributed by atoms with van der Waals surface area (Å²) in [6.45, 7) is 3.95. The zero-order chi connectivity index (χ0) is 17.8. The zero-order valence-corrected chi connectivity index (χ0v) is 15.6. The lowest BCUT2D eigenvalue weighted by molar-refractivity contribution is 0.102. The molecular formula is C21H21N2OP. The van der Waals surface area contributed by atoms with Crippen LogP contribution in [0.3, 0.4) is 0 Å². The van der Waals surface area contributed by atoms with Gasteiger partial charge in [0.1, 0.15) is 5.69 Å². The summed E-state index contributed by atoms with van der Waals surface area (Å²) in [4.78, 5) is 17.0. The van der Waals surface area contributed by atoms with E-state index in [9.17, 15) is 4.79 Å². The molecule has 3 nitrogen and oxygen atoms in total. The molecule has 1 atom stereocenters. The number of amides is 1. The number of aromatic nitrogens is 1. The standard InChI is InChI=1S/C21H21N2OP/c1-14-18(16-7-4-3-5-8-16)9-6-10-19(14)23-21(24)20-12-11-17(13-25)15(2)22-20/h3-12H,13,25H2,1-2H3,(H,23,24). The Morgan fingerprint density at radius 1 is 1.00 bits per heavy atom. The van der Waals surface area contributed by atoms with E-state index in [4.69, 9.17) is 0 Å². The van der Waals surface area contributed by atoms with Gasteiger partial charge in [-0.05, 0) is 54.4 Å². The number of nitrogens with one attached hydrogen (secondary N) is 1. The number of hydrogen-bond acceptors (Lipinski definition) is 2. The zero-order valence-electron chi connectivity index (χ0n) is 14.4. The smallest absolute Gasteiger partial charge is 0.274 e. The van der Waals surface area contributed by atoms with Gasteiger partial charge in [-0.3, -0.25) is 4.79 Å². The van der Waals surface area contributed by atoms with Crippen LogP contribution in [0.2, 0.25) is 0 Å². The monoisotopic (exact) mass is 348 g/mol. The molecule has 0 saturated heterocycles. The van der Waals surface area contributed by atoms with Gasteiger partial charge >= 0.3 is 0 Å². The van der Waals surface area contributed by atoms with Crippen LogP contribution in [0.15, 0.2) is 60.7 Å². The second-order valence-electron chi connectivity index (χ2n) is 5.94. The molecule has 0 aliphatic heterocycles. The Kier molecular flexibility index (Phi) is 5.25. The number of hydrogen-bond donors (Lipinski definition) is 1. The maximum Gasteiger partial charge on any atom is 0.274 e. The van der Waals surface area contributed by atoms with Crippen molar-refractivity contribution >= 4 is 20.8 Å². The summed E-state index contributed by atoms with van der Waals surface area (Å²) >= 11 is 0. The Bertz CT molecular complexity index is 907. The third kappa shape index (κ3) is 3.78. The molecule has 0 radical (unpaired) electrons. The Labute approximate surface area is 150 Å². The van der Waals surface area contributed by atoms with Crippen molar-refractivity contribution in [1.29, 1.82) is 0 Å². The number of carbonyl (C=O) groups is 1. The summed E-state index contributed by atoms with van der Waals surface area (Å²) in [7, 11) is 2.68. The van der Waals surface area contributed by atoms with Gasteiger partial charge in [-0.25, -0.2) is 4.98 Å². The molecule has 3 aromatic rings. The molecule has 0 spiro atoms. The van der Waals surface area contributed by atoms with E-state index in [0.29, 0.717) is 5.69 Å². The van der Waals surface area contributed by atoms with Crippen molar-refractivity contribution in [2.75, 3.05) is 5.32 Å². The molecule has 2 aromatic carbocycles. The molecule has 126 valence electrons. The van der Waals surface area contributed by atoms with Crippen molar-refractivity contribution in [2.24, 2.45) is 0 Å². The fourth-order valence-electron chi connectivity index (χ4n) is 2.82. The maximum atomic E-state index is 12.6. The van der Waals surface area contributed by atoms with Crippen molar-refractivity contribution < 1.29 is 4.79 Å². The summed E-state index contributed by atoms with van der Waals surface area (Å²) in [5.74, 6) is -0.188. The maximum absolute atomic E-state index is 12.6. The van der Waals surface area contributed by atoms with Gasteiger partial charge in [0.25, 0.3) is 5.91 Å². The molecule has 1 N–H and O–H groups in total. The highest BCUT2D eigenvalue weighted by Crippen LogP contribution is 2.28. The first-order chi connectivity index (χ1) is 12.1. The van der Waals surface area contributed by atoms with Gasteiger partial charge in [-0.2, -0.15) is 0 Å². The molecule has 3 rings (SSSR count). The number of anilines is 1. The molecule has 25 heavy (non-hydrogen) atoms. The number of rotatable bonds is 4. The van der Waals surface area contributed by atoms with E-state index in [1.165, 1.54) is 0 Å². The first-order valence-corrected chi connectivity index (χ1v) is 9.05. The van der Waals surface area contributed by atoms with Crippen LogP contribution in [0.1, 0.15) is 27.3 Å². The fourth-order valence-corrected chi connectivity index (χ4v) is 3.25. The Morgan fingerprint density at radius 2 is 1.76 bits per heavy atom. The Balaban J connectivity index is 1.88. The molecule has 0 aliphatic carbocycles. The van der Waals surface area contributed by atoms with Gasteiger partial charge in [0.15, 0.2) is 0 Å². The number of benzene rings is 2. The van der Waals surface area contributed by atoms with Crippen molar-refractivity contribution in [3.8, 4) is 11.1 Å². The lowest BCUT2D eigenvalue weighted by atomic mass is 9.99. The Morgan fingerprint density at radius 3 is 2.44 bits per heavy atom. The molecule has 0 bridgehead atoms. The molecule has 4 heteroatoms. The van der Waals surface area contributed by atoms with E-state index in [2.05, 4.69) is 37.7 Å². The quantitative estimate of drug-likeness (QED) is 0.675. The van der Waals surface area contributed by atoms with Crippen LogP contribution in [0.5, 0.6) is 0 Å². The molecule has 0 fully saturated rings. The van der Waals surface area contributed by atoms with E-state index in [1.807, 2.05) is 50.2 Å². The summed E-state index contributed by atoms with van der Waals surface area (Å²) in [5, 5.41) is 2.99. The molecule has 0 saturated carbocycles. The summed E-state index contributed by atoms with van der Waals surface area (Å²) < 4.78 is 0. The van der Waals surface area contributed by atoms with Crippen LogP contribution in [0.4, 0.5) is 5.69 Å². The number of pyridine rings is 1. The van der Waals surface area contributed by atoms with E-state index in [1.54, 1.807) is 6.07 Å². The highest BCUT2D eigenvalue weighted by Gasteiger charge is 2.12. The van der Waals surface area contributed by atoms with Crippen LogP contribution in [-0.2, 0) is 6.16 Å². The highest BCUT2D eigenvalue weighted by molar-refractivity contribution is 7.15. The van der Waals surface area contributed by atoms with Crippen LogP contribution in [0.25, 0.3) is 11.1 Å². The van der Waals surface area contributed by atoms with Crippen molar-refractivity contribution in [3.63, 3.8) is 0 Å². The lowest BCUT2D eigenvalue weighted by Crippen LogP contribution is -2.15. The van der Waals surface area contributed by atoms with Crippen molar-refractivity contribution in [1.82, 2.24) is 4.98 Å². The van der Waals surface area contributed by atoms with E-state index >= 15 is 0 Å². The SMILES string of the molecule is Cc1nc(C(=O)Nc2cccc(-c3ccccc3)c2C)ccc1CP. The second-order valence-corrected chi connectivity index (χ2v) is 6.35. The van der Waals surface area contributed by atoms with Gasteiger partial charge in [0, 0.05) is 11.4 Å². The minimum Gasteiger partial charge on any atom is -0.320 e. The third-order valence-electron chi connectivity index (χ3n) is 4.31. The van der Waals surface area contributed by atoms with Gasteiger partial charge in [-0.1, -0.05) is 48.5 Å². The normalized spacial score (nSPS) is 10.5. The fraction of sp³-hybridized carbons (Fsp3) is 0.143. The topological polar surface area (TPSA) is 42.0 Å².